The molecular weight excluding hydrogens is 311 g/mol. The molecule has 0 saturated heterocycles. The van der Waals surface area contributed by atoms with Gasteiger partial charge in [0, 0.05) is 6.04 Å². The van der Waals surface area contributed by atoms with Gasteiger partial charge in [-0.05, 0) is 55.9 Å². The second-order valence-electron chi connectivity index (χ2n) is 5.57. The SMILES string of the molecule is CCC(CC)N(C)Cn1[nH]c(/C=C/c2ccc(F)cc2)nc1=S. The Labute approximate surface area is 141 Å². The third-order valence-electron chi connectivity index (χ3n) is 3.93. The summed E-state index contributed by atoms with van der Waals surface area (Å²) < 4.78 is 15.3. The van der Waals surface area contributed by atoms with Crippen LogP contribution in [0.1, 0.15) is 38.1 Å². The van der Waals surface area contributed by atoms with Gasteiger partial charge in [0.1, 0.15) is 11.6 Å². The molecule has 2 rings (SSSR count). The van der Waals surface area contributed by atoms with Crippen molar-refractivity contribution in [3.63, 3.8) is 0 Å². The van der Waals surface area contributed by atoms with E-state index in [1.165, 1.54) is 12.1 Å². The highest BCUT2D eigenvalue weighted by Crippen LogP contribution is 2.09. The van der Waals surface area contributed by atoms with E-state index >= 15 is 0 Å². The first-order chi connectivity index (χ1) is 11.0. The van der Waals surface area contributed by atoms with E-state index in [9.17, 15) is 4.39 Å². The first-order valence-electron chi connectivity index (χ1n) is 7.84. The number of hydrogen-bond acceptors (Lipinski definition) is 3. The lowest BCUT2D eigenvalue weighted by molar-refractivity contribution is 0.172. The summed E-state index contributed by atoms with van der Waals surface area (Å²) >= 11 is 5.31. The van der Waals surface area contributed by atoms with Gasteiger partial charge in [-0.25, -0.2) is 9.07 Å². The molecular formula is C17H23FN4S. The van der Waals surface area contributed by atoms with Gasteiger partial charge in [-0.3, -0.25) is 10.00 Å². The van der Waals surface area contributed by atoms with Gasteiger partial charge in [0.25, 0.3) is 0 Å². The van der Waals surface area contributed by atoms with Crippen molar-refractivity contribution < 1.29 is 4.39 Å². The number of benzene rings is 1. The Hall–Kier alpha value is -1.79. The van der Waals surface area contributed by atoms with E-state index in [2.05, 4.69) is 35.9 Å². The summed E-state index contributed by atoms with van der Waals surface area (Å²) in [7, 11) is 2.09. The highest BCUT2D eigenvalue weighted by molar-refractivity contribution is 7.71. The molecule has 0 spiro atoms. The predicted molar refractivity (Wildman–Crippen MR) is 94.9 cm³/mol. The van der Waals surface area contributed by atoms with Crippen LogP contribution >= 0.6 is 12.2 Å². The Morgan fingerprint density at radius 1 is 1.26 bits per heavy atom. The summed E-state index contributed by atoms with van der Waals surface area (Å²) in [6.45, 7) is 5.06. The molecule has 1 aromatic carbocycles. The minimum Gasteiger partial charge on any atom is -0.285 e. The molecule has 1 aromatic heterocycles. The van der Waals surface area contributed by atoms with E-state index < -0.39 is 0 Å². The number of nitrogens with zero attached hydrogens (tertiary/aromatic N) is 3. The van der Waals surface area contributed by atoms with Gasteiger partial charge in [-0.1, -0.05) is 32.1 Å². The quantitative estimate of drug-likeness (QED) is 0.766. The summed E-state index contributed by atoms with van der Waals surface area (Å²) in [4.78, 5) is 6.61. The number of hydrogen-bond donors (Lipinski definition) is 1. The lowest BCUT2D eigenvalue weighted by Crippen LogP contribution is -2.32. The Morgan fingerprint density at radius 2 is 1.91 bits per heavy atom. The molecule has 1 heterocycles. The van der Waals surface area contributed by atoms with E-state index in [-0.39, 0.29) is 5.82 Å². The largest absolute Gasteiger partial charge is 0.285 e. The molecule has 23 heavy (non-hydrogen) atoms. The fraction of sp³-hybridized carbons (Fsp3) is 0.412. The van der Waals surface area contributed by atoms with Gasteiger partial charge in [-0.15, -0.1) is 0 Å². The number of nitrogens with one attached hydrogen (secondary N) is 1. The molecule has 0 bridgehead atoms. The van der Waals surface area contributed by atoms with Gasteiger partial charge in [0.05, 0.1) is 6.67 Å². The van der Waals surface area contributed by atoms with Gasteiger partial charge in [0.15, 0.2) is 0 Å². The predicted octanol–water partition coefficient (Wildman–Crippen LogP) is 4.33. The number of aromatic nitrogens is 3. The van der Waals surface area contributed by atoms with Crippen LogP contribution in [0.2, 0.25) is 0 Å². The molecule has 0 amide bonds. The third kappa shape index (κ3) is 4.84. The fourth-order valence-electron chi connectivity index (χ4n) is 2.54. The molecule has 0 fully saturated rings. The zero-order chi connectivity index (χ0) is 16.8. The smallest absolute Gasteiger partial charge is 0.217 e. The van der Waals surface area contributed by atoms with Crippen LogP contribution in [0, 0.1) is 10.6 Å². The first kappa shape index (κ1) is 17.6. The molecule has 1 N–H and O–H groups in total. The molecule has 124 valence electrons. The topological polar surface area (TPSA) is 36.9 Å². The van der Waals surface area contributed by atoms with Crippen LogP contribution in [0.4, 0.5) is 4.39 Å². The summed E-state index contributed by atoms with van der Waals surface area (Å²) in [5.74, 6) is 0.451. The van der Waals surface area contributed by atoms with Gasteiger partial charge < -0.3 is 0 Å². The van der Waals surface area contributed by atoms with Crippen molar-refractivity contribution in [3.8, 4) is 0 Å². The Kier molecular flexibility index (Phi) is 6.24. The maximum Gasteiger partial charge on any atom is 0.217 e. The van der Waals surface area contributed by atoms with Crippen LogP contribution in [-0.2, 0) is 6.67 Å². The minimum atomic E-state index is -0.240. The Balaban J connectivity index is 2.08. The van der Waals surface area contributed by atoms with Crippen molar-refractivity contribution in [2.24, 2.45) is 0 Å². The number of H-pyrrole nitrogens is 1. The number of halogens is 1. The maximum atomic E-state index is 12.9. The number of aromatic amines is 1. The highest BCUT2D eigenvalue weighted by Gasteiger charge is 2.11. The second kappa shape index (κ2) is 8.17. The van der Waals surface area contributed by atoms with Crippen molar-refractivity contribution >= 4 is 24.4 Å². The number of rotatable bonds is 7. The summed E-state index contributed by atoms with van der Waals surface area (Å²) in [5, 5.41) is 3.20. The van der Waals surface area contributed by atoms with Crippen molar-refractivity contribution in [2.75, 3.05) is 7.05 Å². The maximum absolute atomic E-state index is 12.9. The molecule has 0 aliphatic rings. The van der Waals surface area contributed by atoms with Crippen LogP contribution in [-0.4, -0.2) is 32.8 Å². The van der Waals surface area contributed by atoms with Crippen LogP contribution in [0.3, 0.4) is 0 Å². The first-order valence-corrected chi connectivity index (χ1v) is 8.25. The lowest BCUT2D eigenvalue weighted by atomic mass is 10.1. The molecule has 0 aliphatic heterocycles. The van der Waals surface area contributed by atoms with Crippen LogP contribution in [0.25, 0.3) is 12.2 Å². The Morgan fingerprint density at radius 3 is 2.52 bits per heavy atom. The lowest BCUT2D eigenvalue weighted by Gasteiger charge is -2.25. The molecule has 4 nitrogen and oxygen atoms in total. The molecule has 0 atom stereocenters. The molecule has 2 aromatic rings. The molecule has 0 aliphatic carbocycles. The summed E-state index contributed by atoms with van der Waals surface area (Å²) in [6.07, 6.45) is 5.93. The summed E-state index contributed by atoms with van der Waals surface area (Å²) in [6, 6.07) is 6.84. The van der Waals surface area contributed by atoms with E-state index in [1.54, 1.807) is 12.1 Å². The van der Waals surface area contributed by atoms with Gasteiger partial charge in [-0.2, -0.15) is 4.98 Å². The average molecular weight is 334 g/mol. The fourth-order valence-corrected chi connectivity index (χ4v) is 2.75. The minimum absolute atomic E-state index is 0.240. The zero-order valence-electron chi connectivity index (χ0n) is 13.8. The van der Waals surface area contributed by atoms with E-state index in [0.717, 1.165) is 18.4 Å². The second-order valence-corrected chi connectivity index (χ2v) is 5.94. The van der Waals surface area contributed by atoms with Crippen molar-refractivity contribution in [3.05, 3.63) is 46.2 Å². The molecule has 0 radical (unpaired) electrons. The Bertz CT molecular complexity index is 698. The van der Waals surface area contributed by atoms with Crippen molar-refractivity contribution in [2.45, 2.75) is 39.4 Å². The standard InChI is InChI=1S/C17H23FN4S/c1-4-15(5-2)21(3)12-22-17(23)19-16(20-22)11-8-13-6-9-14(18)10-7-13/h6-11,15H,4-5,12H2,1-3H3,(H,19,20,23)/b11-8+. The van der Waals surface area contributed by atoms with E-state index in [4.69, 9.17) is 12.2 Å². The van der Waals surface area contributed by atoms with Gasteiger partial charge >= 0.3 is 0 Å². The van der Waals surface area contributed by atoms with Crippen molar-refractivity contribution in [1.82, 2.24) is 19.7 Å². The molecule has 6 heteroatoms. The van der Waals surface area contributed by atoms with Crippen LogP contribution in [0.5, 0.6) is 0 Å². The van der Waals surface area contributed by atoms with E-state index in [0.29, 0.717) is 23.3 Å². The molecule has 0 saturated carbocycles. The van der Waals surface area contributed by atoms with Gasteiger partial charge in [0.2, 0.25) is 4.77 Å². The zero-order valence-corrected chi connectivity index (χ0v) is 14.6. The normalized spacial score (nSPS) is 11.9. The van der Waals surface area contributed by atoms with Crippen LogP contribution < -0.4 is 0 Å². The van der Waals surface area contributed by atoms with Crippen LogP contribution in [0.15, 0.2) is 24.3 Å². The van der Waals surface area contributed by atoms with E-state index in [1.807, 2.05) is 16.8 Å². The molecule has 0 unspecified atom stereocenters. The van der Waals surface area contributed by atoms with Crippen molar-refractivity contribution in [1.29, 1.82) is 0 Å². The third-order valence-corrected chi connectivity index (χ3v) is 4.24. The average Bonchev–Trinajstić information content (AvgIpc) is 2.88. The highest BCUT2D eigenvalue weighted by atomic mass is 32.1. The monoisotopic (exact) mass is 334 g/mol. The summed E-state index contributed by atoms with van der Waals surface area (Å²) in [5.41, 5.74) is 0.911.